The maximum Gasteiger partial charge on any atom is 0.169 e. The van der Waals surface area contributed by atoms with Gasteiger partial charge in [-0.15, -0.1) is 11.3 Å². The molecule has 0 spiro atoms. The predicted molar refractivity (Wildman–Crippen MR) is 67.2 cm³/mol. The van der Waals surface area contributed by atoms with Crippen molar-refractivity contribution >= 4 is 28.7 Å². The summed E-state index contributed by atoms with van der Waals surface area (Å²) in [5, 5.41) is 2.60. The van der Waals surface area contributed by atoms with E-state index in [2.05, 4.69) is 9.97 Å². The Balaban J connectivity index is 2.14. The van der Waals surface area contributed by atoms with Gasteiger partial charge in [-0.3, -0.25) is 4.79 Å². The summed E-state index contributed by atoms with van der Waals surface area (Å²) in [6.45, 7) is 0. The van der Waals surface area contributed by atoms with Gasteiger partial charge in [0.15, 0.2) is 6.29 Å². The number of imidazole rings is 1. The van der Waals surface area contributed by atoms with Gasteiger partial charge in [-0.2, -0.15) is 0 Å². The third-order valence-corrected chi connectivity index (χ3v) is 3.52. The Labute approximate surface area is 102 Å². The van der Waals surface area contributed by atoms with Gasteiger partial charge in [-0.05, 0) is 18.2 Å². The normalized spacial score (nSPS) is 10.9. The molecule has 17 heavy (non-hydrogen) atoms. The molecule has 0 N–H and O–H groups in total. The Bertz CT molecular complexity index is 699. The van der Waals surface area contributed by atoms with Crippen LogP contribution in [0.2, 0.25) is 0 Å². The lowest BCUT2D eigenvalue weighted by molar-refractivity contribution is 0.111. The van der Waals surface area contributed by atoms with Crippen LogP contribution in [0.4, 0.5) is 0 Å². The fraction of sp³-hybridized carbons (Fsp3) is 0.0833. The molecule has 84 valence electrons. The monoisotopic (exact) mass is 243 g/mol. The highest BCUT2D eigenvalue weighted by atomic mass is 32.1. The molecule has 0 amide bonds. The second kappa shape index (κ2) is 3.78. The number of fused-ring (bicyclic) bond motifs is 1. The van der Waals surface area contributed by atoms with Crippen molar-refractivity contribution in [2.24, 2.45) is 7.05 Å². The van der Waals surface area contributed by atoms with Gasteiger partial charge in [0.25, 0.3) is 0 Å². The van der Waals surface area contributed by atoms with Gasteiger partial charge < -0.3 is 4.57 Å². The molecule has 0 aliphatic rings. The van der Waals surface area contributed by atoms with Crippen molar-refractivity contribution in [1.82, 2.24) is 14.5 Å². The van der Waals surface area contributed by atoms with Crippen molar-refractivity contribution in [3.05, 3.63) is 35.6 Å². The lowest BCUT2D eigenvalue weighted by atomic mass is 10.2. The van der Waals surface area contributed by atoms with E-state index in [0.29, 0.717) is 5.69 Å². The van der Waals surface area contributed by atoms with Gasteiger partial charge in [0.2, 0.25) is 0 Å². The van der Waals surface area contributed by atoms with Gasteiger partial charge in [-0.1, -0.05) is 0 Å². The summed E-state index contributed by atoms with van der Waals surface area (Å²) in [5.74, 6) is 0. The van der Waals surface area contributed by atoms with E-state index in [1.54, 1.807) is 11.7 Å². The highest BCUT2D eigenvalue weighted by molar-refractivity contribution is 7.13. The zero-order valence-corrected chi connectivity index (χ0v) is 9.94. The number of aryl methyl sites for hydroxylation is 1. The molecule has 0 aliphatic heterocycles. The Kier molecular flexibility index (Phi) is 2.26. The lowest BCUT2D eigenvalue weighted by Gasteiger charge is -1.97. The zero-order chi connectivity index (χ0) is 11.8. The summed E-state index contributed by atoms with van der Waals surface area (Å²) in [4.78, 5) is 19.1. The molecule has 0 fully saturated rings. The molecule has 3 aromatic rings. The molecular formula is C12H9N3OS. The fourth-order valence-corrected chi connectivity index (χ4v) is 2.50. The second-order valence-corrected chi connectivity index (χ2v) is 4.61. The lowest BCUT2D eigenvalue weighted by Crippen LogP contribution is -1.84. The first-order chi connectivity index (χ1) is 8.28. The molecule has 1 aromatic carbocycles. The van der Waals surface area contributed by atoms with Crippen LogP contribution in [0, 0.1) is 0 Å². The highest BCUT2D eigenvalue weighted by Gasteiger charge is 2.06. The third kappa shape index (κ3) is 1.64. The summed E-state index contributed by atoms with van der Waals surface area (Å²) in [5.41, 5.74) is 3.49. The first-order valence-electron chi connectivity index (χ1n) is 5.10. The fourth-order valence-electron chi connectivity index (χ4n) is 1.74. The average Bonchev–Trinajstić information content (AvgIpc) is 2.96. The summed E-state index contributed by atoms with van der Waals surface area (Å²) in [6.07, 6.45) is 2.55. The molecule has 0 atom stereocenters. The van der Waals surface area contributed by atoms with Crippen molar-refractivity contribution in [3.8, 4) is 10.6 Å². The van der Waals surface area contributed by atoms with E-state index in [1.807, 2.05) is 29.8 Å². The average molecular weight is 243 g/mol. The SMILES string of the molecule is Cn1cnc2cc(-c3nc(C=O)cs3)ccc21. The maximum absolute atomic E-state index is 10.6. The van der Waals surface area contributed by atoms with Crippen LogP contribution in [0.1, 0.15) is 10.5 Å². The van der Waals surface area contributed by atoms with E-state index in [-0.39, 0.29) is 0 Å². The number of carbonyl (C=O) groups excluding carboxylic acids is 1. The van der Waals surface area contributed by atoms with E-state index < -0.39 is 0 Å². The molecule has 2 aromatic heterocycles. The van der Waals surface area contributed by atoms with Gasteiger partial charge >= 0.3 is 0 Å². The van der Waals surface area contributed by atoms with Crippen molar-refractivity contribution in [2.75, 3.05) is 0 Å². The third-order valence-electron chi connectivity index (χ3n) is 2.62. The minimum absolute atomic E-state index is 0.478. The summed E-state index contributed by atoms with van der Waals surface area (Å²) < 4.78 is 1.97. The van der Waals surface area contributed by atoms with Gasteiger partial charge in [-0.25, -0.2) is 9.97 Å². The topological polar surface area (TPSA) is 47.8 Å². The molecule has 0 bridgehead atoms. The molecule has 0 aliphatic carbocycles. The van der Waals surface area contributed by atoms with Crippen LogP contribution in [0.15, 0.2) is 29.9 Å². The Morgan fingerprint density at radius 3 is 3.06 bits per heavy atom. The van der Waals surface area contributed by atoms with E-state index >= 15 is 0 Å². The van der Waals surface area contributed by atoms with Crippen LogP contribution in [-0.4, -0.2) is 20.8 Å². The molecule has 2 heterocycles. The number of hydrogen-bond acceptors (Lipinski definition) is 4. The summed E-state index contributed by atoms with van der Waals surface area (Å²) >= 11 is 1.47. The molecule has 0 saturated heterocycles. The van der Waals surface area contributed by atoms with E-state index in [9.17, 15) is 4.79 Å². The van der Waals surface area contributed by atoms with Crippen molar-refractivity contribution in [1.29, 1.82) is 0 Å². The first kappa shape index (κ1) is 10.2. The number of benzene rings is 1. The predicted octanol–water partition coefficient (Wildman–Crippen LogP) is 2.51. The molecule has 0 radical (unpaired) electrons. The first-order valence-corrected chi connectivity index (χ1v) is 5.98. The molecule has 0 saturated carbocycles. The van der Waals surface area contributed by atoms with Crippen molar-refractivity contribution in [3.63, 3.8) is 0 Å². The van der Waals surface area contributed by atoms with Gasteiger partial charge in [0.1, 0.15) is 10.7 Å². The van der Waals surface area contributed by atoms with Crippen LogP contribution in [0.25, 0.3) is 21.6 Å². The van der Waals surface area contributed by atoms with Crippen LogP contribution in [-0.2, 0) is 7.05 Å². The number of thiazole rings is 1. The van der Waals surface area contributed by atoms with Crippen LogP contribution in [0.5, 0.6) is 0 Å². The van der Waals surface area contributed by atoms with Crippen LogP contribution < -0.4 is 0 Å². The van der Waals surface area contributed by atoms with E-state index in [4.69, 9.17) is 0 Å². The van der Waals surface area contributed by atoms with E-state index in [1.165, 1.54) is 11.3 Å². The Morgan fingerprint density at radius 2 is 2.29 bits per heavy atom. The minimum atomic E-state index is 0.478. The smallest absolute Gasteiger partial charge is 0.169 e. The molecular weight excluding hydrogens is 234 g/mol. The standard InChI is InChI=1S/C12H9N3OS/c1-15-7-13-10-4-8(2-3-11(10)15)12-14-9(5-16)6-17-12/h2-7H,1H3. The number of carbonyl (C=O) groups is 1. The van der Waals surface area contributed by atoms with Crippen molar-refractivity contribution < 1.29 is 4.79 Å². The Morgan fingerprint density at radius 1 is 1.41 bits per heavy atom. The summed E-state index contributed by atoms with van der Waals surface area (Å²) in [6, 6.07) is 6.00. The Hall–Kier alpha value is -2.01. The number of hydrogen-bond donors (Lipinski definition) is 0. The second-order valence-electron chi connectivity index (χ2n) is 3.75. The minimum Gasteiger partial charge on any atom is -0.334 e. The number of aromatic nitrogens is 3. The summed E-state index contributed by atoms with van der Waals surface area (Å²) in [7, 11) is 1.96. The largest absolute Gasteiger partial charge is 0.334 e. The van der Waals surface area contributed by atoms with Crippen molar-refractivity contribution in [2.45, 2.75) is 0 Å². The maximum atomic E-state index is 10.6. The highest BCUT2D eigenvalue weighted by Crippen LogP contribution is 2.26. The molecule has 0 unspecified atom stereocenters. The molecule has 3 rings (SSSR count). The number of rotatable bonds is 2. The number of aldehydes is 1. The quantitative estimate of drug-likeness (QED) is 0.650. The van der Waals surface area contributed by atoms with E-state index in [0.717, 1.165) is 27.9 Å². The van der Waals surface area contributed by atoms with Crippen LogP contribution in [0.3, 0.4) is 0 Å². The van der Waals surface area contributed by atoms with Gasteiger partial charge in [0.05, 0.1) is 17.4 Å². The zero-order valence-electron chi connectivity index (χ0n) is 9.12. The molecule has 5 heteroatoms. The van der Waals surface area contributed by atoms with Crippen LogP contribution >= 0.6 is 11.3 Å². The number of nitrogens with zero attached hydrogens (tertiary/aromatic N) is 3. The van der Waals surface area contributed by atoms with Gasteiger partial charge in [0, 0.05) is 18.0 Å². The molecule has 4 nitrogen and oxygen atoms in total.